The van der Waals surface area contributed by atoms with Crippen LogP contribution in [0.15, 0.2) is 54.6 Å². The van der Waals surface area contributed by atoms with Crippen molar-refractivity contribution in [3.05, 3.63) is 94.3 Å². The highest BCUT2D eigenvalue weighted by atomic mass is 19.2. The number of aryl methyl sites for hydroxylation is 2. The number of halogens is 3. The van der Waals surface area contributed by atoms with Crippen LogP contribution in [0.1, 0.15) is 42.5 Å². The van der Waals surface area contributed by atoms with Gasteiger partial charge in [0.2, 0.25) is 0 Å². The van der Waals surface area contributed by atoms with Gasteiger partial charge in [0.05, 0.1) is 0 Å². The van der Waals surface area contributed by atoms with Crippen molar-refractivity contribution in [1.29, 1.82) is 0 Å². The average Bonchev–Trinajstić information content (AvgIpc) is 2.70. The van der Waals surface area contributed by atoms with Crippen LogP contribution in [0.3, 0.4) is 0 Å². The molecular formula is C25H23F3. The van der Waals surface area contributed by atoms with Crippen molar-refractivity contribution in [2.75, 3.05) is 0 Å². The number of hydrogen-bond acceptors (Lipinski definition) is 0. The summed E-state index contributed by atoms with van der Waals surface area (Å²) in [5.41, 5.74) is 3.57. The number of benzene rings is 3. The van der Waals surface area contributed by atoms with E-state index in [-0.39, 0.29) is 11.4 Å². The molecule has 3 rings (SSSR count). The van der Waals surface area contributed by atoms with E-state index in [0.717, 1.165) is 24.0 Å². The Hall–Kier alpha value is -2.81. The lowest BCUT2D eigenvalue weighted by Crippen LogP contribution is -1.95. The second-order valence-corrected chi connectivity index (χ2v) is 6.81. The maximum Gasteiger partial charge on any atom is 0.166 e. The zero-order chi connectivity index (χ0) is 20.1. The molecule has 0 saturated heterocycles. The summed E-state index contributed by atoms with van der Waals surface area (Å²) in [4.78, 5) is 0. The summed E-state index contributed by atoms with van der Waals surface area (Å²) in [6.07, 6.45) is 5.81. The van der Waals surface area contributed by atoms with Gasteiger partial charge < -0.3 is 0 Å². The van der Waals surface area contributed by atoms with E-state index in [2.05, 4.69) is 6.92 Å². The molecular weight excluding hydrogens is 357 g/mol. The predicted octanol–water partition coefficient (Wildman–Crippen LogP) is 7.46. The summed E-state index contributed by atoms with van der Waals surface area (Å²) in [7, 11) is 0. The first kappa shape index (κ1) is 19.9. The van der Waals surface area contributed by atoms with Crippen molar-refractivity contribution < 1.29 is 13.2 Å². The molecule has 3 heteroatoms. The van der Waals surface area contributed by atoms with Gasteiger partial charge in [-0.05, 0) is 41.2 Å². The SMILES string of the molecule is CCCc1ccc(/C=C/c2ccc(-c3ccc(CC)c(F)c3F)cc2)c(F)c1. The lowest BCUT2D eigenvalue weighted by Gasteiger charge is -2.08. The average molecular weight is 380 g/mol. The van der Waals surface area contributed by atoms with Crippen LogP contribution in [0.5, 0.6) is 0 Å². The van der Waals surface area contributed by atoms with Crippen molar-refractivity contribution in [3.8, 4) is 11.1 Å². The molecule has 28 heavy (non-hydrogen) atoms. The Bertz CT molecular complexity index is 985. The second-order valence-electron chi connectivity index (χ2n) is 6.81. The molecule has 144 valence electrons. The first-order valence-corrected chi connectivity index (χ1v) is 9.57. The van der Waals surface area contributed by atoms with Gasteiger partial charge in [0.1, 0.15) is 5.82 Å². The number of rotatable bonds is 6. The van der Waals surface area contributed by atoms with Crippen molar-refractivity contribution in [2.45, 2.75) is 33.1 Å². The Kier molecular flexibility index (Phi) is 6.35. The van der Waals surface area contributed by atoms with Crippen LogP contribution in [0.2, 0.25) is 0 Å². The van der Waals surface area contributed by atoms with E-state index in [0.29, 0.717) is 23.1 Å². The first-order valence-electron chi connectivity index (χ1n) is 9.57. The minimum absolute atomic E-state index is 0.239. The minimum Gasteiger partial charge on any atom is -0.206 e. The van der Waals surface area contributed by atoms with Crippen LogP contribution in [-0.2, 0) is 12.8 Å². The Morgan fingerprint density at radius 3 is 2.18 bits per heavy atom. The Labute approximate surface area is 164 Å². The Morgan fingerprint density at radius 1 is 0.786 bits per heavy atom. The highest BCUT2D eigenvalue weighted by Gasteiger charge is 2.13. The predicted molar refractivity (Wildman–Crippen MR) is 110 cm³/mol. The zero-order valence-electron chi connectivity index (χ0n) is 16.1. The van der Waals surface area contributed by atoms with Gasteiger partial charge >= 0.3 is 0 Å². The number of hydrogen-bond donors (Lipinski definition) is 0. The fourth-order valence-electron chi connectivity index (χ4n) is 3.20. The molecule has 0 saturated carbocycles. The molecule has 0 amide bonds. The van der Waals surface area contributed by atoms with Crippen LogP contribution in [0, 0.1) is 17.5 Å². The lowest BCUT2D eigenvalue weighted by molar-refractivity contribution is 0.502. The standard InChI is InChI=1S/C25H23F3/c1-3-5-18-9-13-21(23(26)16-18)12-8-17-6-10-20(11-7-17)22-15-14-19(4-2)24(27)25(22)28/h6-16H,3-5H2,1-2H3/b12-8+. The largest absolute Gasteiger partial charge is 0.206 e. The molecule has 3 aromatic carbocycles. The van der Waals surface area contributed by atoms with Crippen molar-refractivity contribution in [1.82, 2.24) is 0 Å². The molecule has 0 aliphatic carbocycles. The molecule has 0 aromatic heterocycles. The monoisotopic (exact) mass is 380 g/mol. The van der Waals surface area contributed by atoms with Gasteiger partial charge in [-0.3, -0.25) is 0 Å². The van der Waals surface area contributed by atoms with Crippen LogP contribution in [0.4, 0.5) is 13.2 Å². The van der Waals surface area contributed by atoms with E-state index >= 15 is 0 Å². The van der Waals surface area contributed by atoms with Gasteiger partial charge in [0.15, 0.2) is 11.6 Å². The van der Waals surface area contributed by atoms with Crippen molar-refractivity contribution >= 4 is 12.2 Å². The highest BCUT2D eigenvalue weighted by molar-refractivity contribution is 5.72. The molecule has 0 aliphatic heterocycles. The zero-order valence-corrected chi connectivity index (χ0v) is 16.1. The van der Waals surface area contributed by atoms with Gasteiger partial charge in [-0.2, -0.15) is 0 Å². The molecule has 0 radical (unpaired) electrons. The van der Waals surface area contributed by atoms with Gasteiger partial charge in [-0.1, -0.05) is 81.0 Å². The molecule has 0 aliphatic rings. The molecule has 0 fully saturated rings. The van der Waals surface area contributed by atoms with Crippen LogP contribution in [-0.4, -0.2) is 0 Å². The van der Waals surface area contributed by atoms with E-state index in [1.54, 1.807) is 67.6 Å². The van der Waals surface area contributed by atoms with E-state index in [1.165, 1.54) is 0 Å². The summed E-state index contributed by atoms with van der Waals surface area (Å²) < 4.78 is 42.5. The third kappa shape index (κ3) is 4.36. The van der Waals surface area contributed by atoms with Crippen molar-refractivity contribution in [3.63, 3.8) is 0 Å². The Morgan fingerprint density at radius 2 is 1.54 bits per heavy atom. The smallest absolute Gasteiger partial charge is 0.166 e. The molecule has 0 spiro atoms. The van der Waals surface area contributed by atoms with Gasteiger partial charge in [-0.15, -0.1) is 0 Å². The summed E-state index contributed by atoms with van der Waals surface area (Å²) in [6, 6.07) is 15.6. The molecule has 0 nitrogen and oxygen atoms in total. The Balaban J connectivity index is 1.80. The van der Waals surface area contributed by atoms with Gasteiger partial charge in [0, 0.05) is 11.1 Å². The van der Waals surface area contributed by atoms with E-state index in [1.807, 2.05) is 6.07 Å². The third-order valence-corrected chi connectivity index (χ3v) is 4.82. The van der Waals surface area contributed by atoms with E-state index in [4.69, 9.17) is 0 Å². The minimum atomic E-state index is -0.822. The van der Waals surface area contributed by atoms with Gasteiger partial charge in [0.25, 0.3) is 0 Å². The van der Waals surface area contributed by atoms with E-state index in [9.17, 15) is 13.2 Å². The molecule has 0 heterocycles. The van der Waals surface area contributed by atoms with Crippen molar-refractivity contribution in [2.24, 2.45) is 0 Å². The molecule has 0 atom stereocenters. The quantitative estimate of drug-likeness (QED) is 0.389. The fourth-order valence-corrected chi connectivity index (χ4v) is 3.20. The fraction of sp³-hybridized carbons (Fsp3) is 0.200. The summed E-state index contributed by atoms with van der Waals surface area (Å²) in [5.74, 6) is -1.85. The van der Waals surface area contributed by atoms with Gasteiger partial charge in [-0.25, -0.2) is 13.2 Å². The van der Waals surface area contributed by atoms with Crippen LogP contribution < -0.4 is 0 Å². The topological polar surface area (TPSA) is 0 Å². The summed E-state index contributed by atoms with van der Waals surface area (Å²) in [5, 5.41) is 0. The van der Waals surface area contributed by atoms with E-state index < -0.39 is 11.6 Å². The molecule has 3 aromatic rings. The van der Waals surface area contributed by atoms with Crippen LogP contribution >= 0.6 is 0 Å². The lowest BCUT2D eigenvalue weighted by atomic mass is 10.00. The summed E-state index contributed by atoms with van der Waals surface area (Å²) >= 11 is 0. The molecule has 0 N–H and O–H groups in total. The summed E-state index contributed by atoms with van der Waals surface area (Å²) in [6.45, 7) is 3.85. The molecule has 0 bridgehead atoms. The maximum absolute atomic E-state index is 14.3. The first-order chi connectivity index (χ1) is 13.5. The second kappa shape index (κ2) is 8.92. The van der Waals surface area contributed by atoms with Crippen LogP contribution in [0.25, 0.3) is 23.3 Å². The molecule has 0 unspecified atom stereocenters. The third-order valence-electron chi connectivity index (χ3n) is 4.82. The highest BCUT2D eigenvalue weighted by Crippen LogP contribution is 2.27. The maximum atomic E-state index is 14.3. The normalized spacial score (nSPS) is 11.3.